The average molecular weight is 519 g/mol. The van der Waals surface area contributed by atoms with Crippen LogP contribution in [0.4, 0.5) is 9.59 Å². The zero-order valence-corrected chi connectivity index (χ0v) is 20.8. The lowest BCUT2D eigenvalue weighted by Crippen LogP contribution is -2.42. The second kappa shape index (κ2) is 10.4. The number of hydrogen-bond acceptors (Lipinski definition) is 10. The van der Waals surface area contributed by atoms with Gasteiger partial charge in [0, 0.05) is 28.4 Å². The quantitative estimate of drug-likeness (QED) is 0.311. The first-order valence-corrected chi connectivity index (χ1v) is 12.3. The summed E-state index contributed by atoms with van der Waals surface area (Å²) < 4.78 is 56.9. The Morgan fingerprint density at radius 3 is 1.49 bits per heavy atom. The fourth-order valence-corrected chi connectivity index (χ4v) is 5.56. The molecule has 4 aliphatic heterocycles. The molecule has 14 nitrogen and oxygen atoms in total. The smallest absolute Gasteiger partial charge is 0.382 e. The van der Waals surface area contributed by atoms with Gasteiger partial charge in [0.25, 0.3) is 0 Å². The number of amides is 4. The number of hydrogen-bond donors (Lipinski definition) is 0. The molecule has 0 saturated carbocycles. The Balaban J connectivity index is 1.52. The van der Waals surface area contributed by atoms with Crippen LogP contribution in [0.3, 0.4) is 0 Å². The van der Waals surface area contributed by atoms with E-state index in [0.717, 1.165) is 10.1 Å². The van der Waals surface area contributed by atoms with Crippen molar-refractivity contribution in [3.05, 3.63) is 23.3 Å². The van der Waals surface area contributed by atoms with Crippen LogP contribution in [-0.4, -0.2) is 133 Å². The number of carbonyl (C=O) groups excluding carboxylic acids is 2. The van der Waals surface area contributed by atoms with Crippen molar-refractivity contribution in [1.29, 1.82) is 0 Å². The summed E-state index contributed by atoms with van der Waals surface area (Å²) in [6, 6.07) is -3.55. The first-order chi connectivity index (χ1) is 16.7. The minimum Gasteiger partial charge on any atom is -0.382 e. The molecule has 4 heterocycles. The molecule has 0 aliphatic carbocycles. The van der Waals surface area contributed by atoms with Gasteiger partial charge in [0.05, 0.1) is 51.6 Å². The van der Waals surface area contributed by atoms with Gasteiger partial charge in [-0.15, -0.1) is 8.57 Å². The van der Waals surface area contributed by atoms with Gasteiger partial charge in [0.15, 0.2) is 0 Å². The number of urea groups is 2. The van der Waals surface area contributed by atoms with Crippen molar-refractivity contribution in [2.45, 2.75) is 24.2 Å². The van der Waals surface area contributed by atoms with E-state index in [2.05, 4.69) is 0 Å². The van der Waals surface area contributed by atoms with E-state index in [1.54, 1.807) is 12.2 Å². The first-order valence-electron chi connectivity index (χ1n) is 10.9. The van der Waals surface area contributed by atoms with Crippen LogP contribution < -0.4 is 0 Å². The van der Waals surface area contributed by atoms with Crippen molar-refractivity contribution in [1.82, 2.24) is 19.9 Å². The Bertz CT molecular complexity index is 930. The van der Waals surface area contributed by atoms with Gasteiger partial charge in [-0.25, -0.2) is 9.59 Å². The minimum atomic E-state index is -4.87. The van der Waals surface area contributed by atoms with Crippen molar-refractivity contribution in [3.63, 3.8) is 0 Å². The lowest BCUT2D eigenvalue weighted by atomic mass is 10.0. The maximum Gasteiger partial charge on any atom is 0.442 e. The fraction of sp³-hybridized carbons (Fsp3) is 0.700. The van der Waals surface area contributed by atoms with Gasteiger partial charge in [-0.1, -0.05) is 12.2 Å². The van der Waals surface area contributed by atoms with Crippen molar-refractivity contribution in [2.24, 2.45) is 0 Å². The zero-order valence-electron chi connectivity index (χ0n) is 20.0. The molecule has 15 heteroatoms. The molecule has 2 fully saturated rings. The van der Waals surface area contributed by atoms with E-state index in [0.29, 0.717) is 11.1 Å². The zero-order chi connectivity index (χ0) is 25.3. The lowest BCUT2D eigenvalue weighted by molar-refractivity contribution is -0.0767. The predicted molar refractivity (Wildman–Crippen MR) is 118 cm³/mol. The maximum absolute atomic E-state index is 13.0. The van der Waals surface area contributed by atoms with E-state index < -0.39 is 46.6 Å². The molecule has 0 N–H and O–H groups in total. The highest BCUT2D eigenvalue weighted by Gasteiger charge is 2.51. The van der Waals surface area contributed by atoms with Gasteiger partial charge in [0.1, 0.15) is 12.1 Å². The summed E-state index contributed by atoms with van der Waals surface area (Å²) in [5, 5.41) is 1.48. The van der Waals surface area contributed by atoms with Crippen molar-refractivity contribution in [2.75, 3.05) is 68.0 Å². The monoisotopic (exact) mass is 518 g/mol. The summed E-state index contributed by atoms with van der Waals surface area (Å²) in [4.78, 5) is 28.9. The third kappa shape index (κ3) is 4.89. The summed E-state index contributed by atoms with van der Waals surface area (Å²) >= 11 is 0. The molecule has 0 aromatic heterocycles. The second-order valence-electron chi connectivity index (χ2n) is 8.50. The van der Waals surface area contributed by atoms with Crippen LogP contribution in [0.1, 0.15) is 0 Å². The highest BCUT2D eigenvalue weighted by atomic mass is 32.3. The molecule has 0 aromatic rings. The molecule has 4 unspecified atom stereocenters. The topological polar surface area (TPSA) is 137 Å². The van der Waals surface area contributed by atoms with Crippen LogP contribution in [0.25, 0.3) is 0 Å². The van der Waals surface area contributed by atoms with Crippen LogP contribution in [0, 0.1) is 0 Å². The Labute approximate surface area is 203 Å². The third-order valence-corrected chi connectivity index (χ3v) is 6.97. The van der Waals surface area contributed by atoms with Crippen molar-refractivity contribution >= 4 is 22.5 Å². The Kier molecular flexibility index (Phi) is 7.65. The predicted octanol–water partition coefficient (Wildman–Crippen LogP) is -0.490. The molecule has 4 amide bonds. The average Bonchev–Trinajstić information content (AvgIpc) is 3.23. The molecule has 0 aromatic carbocycles. The highest BCUT2D eigenvalue weighted by Crippen LogP contribution is 2.34. The SMILES string of the molecule is COCC1=CC(COC)N2CC1N(OS(=O)(=O)ON1C(=O)N3CC1C(COC)=CC3COC)C2=O. The first kappa shape index (κ1) is 25.8. The Morgan fingerprint density at radius 1 is 0.743 bits per heavy atom. The van der Waals surface area contributed by atoms with Crippen LogP contribution in [0.5, 0.6) is 0 Å². The van der Waals surface area contributed by atoms with Crippen LogP contribution >= 0.6 is 0 Å². The van der Waals surface area contributed by atoms with E-state index in [4.69, 9.17) is 27.5 Å². The third-order valence-electron chi connectivity index (χ3n) is 6.28. The van der Waals surface area contributed by atoms with Crippen molar-refractivity contribution in [3.8, 4) is 0 Å². The molecule has 0 spiro atoms. The second-order valence-corrected chi connectivity index (χ2v) is 9.62. The number of carbonyl (C=O) groups is 2. The Hall–Kier alpha value is -2.27. The number of nitrogens with zero attached hydrogens (tertiary/aromatic N) is 4. The van der Waals surface area contributed by atoms with Gasteiger partial charge in [-0.3, -0.25) is 0 Å². The fourth-order valence-electron chi connectivity index (χ4n) is 4.80. The van der Waals surface area contributed by atoms with Crippen LogP contribution in [-0.2, 0) is 37.9 Å². The van der Waals surface area contributed by atoms with Gasteiger partial charge >= 0.3 is 22.5 Å². The summed E-state index contributed by atoms with van der Waals surface area (Å²) in [6.45, 7) is 1.16. The van der Waals surface area contributed by atoms with E-state index >= 15 is 0 Å². The van der Waals surface area contributed by atoms with Gasteiger partial charge in [-0.05, 0) is 11.1 Å². The number of rotatable bonds is 12. The molecule has 196 valence electrons. The van der Waals surface area contributed by atoms with E-state index in [9.17, 15) is 18.0 Å². The normalized spacial score (nSPS) is 28.2. The largest absolute Gasteiger partial charge is 0.442 e. The van der Waals surface area contributed by atoms with Crippen molar-refractivity contribution < 1.29 is 45.5 Å². The van der Waals surface area contributed by atoms with E-state index in [-0.39, 0.29) is 39.5 Å². The molecule has 0 radical (unpaired) electrons. The Morgan fingerprint density at radius 2 is 1.14 bits per heavy atom. The van der Waals surface area contributed by atoms with Gasteiger partial charge in [-0.2, -0.15) is 18.5 Å². The van der Waals surface area contributed by atoms with E-state index in [1.165, 1.54) is 38.2 Å². The molecule has 4 aliphatic rings. The molecule has 4 atom stereocenters. The molecular formula is C20H30N4O10S. The van der Waals surface area contributed by atoms with Crippen LogP contribution in [0.15, 0.2) is 23.3 Å². The summed E-state index contributed by atoms with van der Waals surface area (Å²) in [5.41, 5.74) is 1.33. The molecular weight excluding hydrogens is 488 g/mol. The standard InChI is InChI=1S/C20H30N4O10S/c1-29-9-13-5-15(11-31-3)21-7-17(13)23(19(21)25)33-35(27,28)34-24-18-8-22(20(24)26)16(12-32-4)6-14(18)10-30-2/h5-6,15-18H,7-12H2,1-4H3. The van der Waals surface area contributed by atoms with Gasteiger partial charge < -0.3 is 28.7 Å². The summed E-state index contributed by atoms with van der Waals surface area (Å²) in [5.74, 6) is 0. The molecule has 4 bridgehead atoms. The molecule has 4 rings (SSSR count). The number of fused-ring (bicyclic) bond motifs is 4. The summed E-state index contributed by atoms with van der Waals surface area (Å²) in [6.07, 6.45) is 3.60. The molecule has 35 heavy (non-hydrogen) atoms. The van der Waals surface area contributed by atoms with Gasteiger partial charge in [0.2, 0.25) is 0 Å². The van der Waals surface area contributed by atoms with E-state index in [1.807, 2.05) is 0 Å². The molecule has 2 saturated heterocycles. The maximum atomic E-state index is 13.0. The summed E-state index contributed by atoms with van der Waals surface area (Å²) in [7, 11) is 1.13. The minimum absolute atomic E-state index is 0.167. The number of methoxy groups -OCH3 is 4. The highest BCUT2D eigenvalue weighted by molar-refractivity contribution is 7.81. The number of hydroxylamine groups is 4. The van der Waals surface area contributed by atoms with Crippen LogP contribution in [0.2, 0.25) is 0 Å². The lowest BCUT2D eigenvalue weighted by Gasteiger charge is -2.29. The number of ether oxygens (including phenoxy) is 4.